The van der Waals surface area contributed by atoms with E-state index in [0.29, 0.717) is 19.1 Å². The van der Waals surface area contributed by atoms with Gasteiger partial charge < -0.3 is 21.1 Å². The number of hydrogen-bond acceptors (Lipinski definition) is 3. The number of amides is 2. The molecule has 5 heteroatoms. The lowest BCUT2D eigenvalue weighted by Crippen LogP contribution is -2.37. The Morgan fingerprint density at radius 3 is 2.67 bits per heavy atom. The zero-order valence-electron chi connectivity index (χ0n) is 9.11. The molecule has 0 aliphatic carbocycles. The lowest BCUT2D eigenvalue weighted by Gasteiger charge is -2.30. The van der Waals surface area contributed by atoms with Crippen LogP contribution in [-0.2, 0) is 0 Å². The number of nitrogens with zero attached hydrogens (tertiary/aromatic N) is 1. The summed E-state index contributed by atoms with van der Waals surface area (Å²) in [7, 11) is 0. The van der Waals surface area contributed by atoms with Crippen LogP contribution in [0.25, 0.3) is 0 Å². The van der Waals surface area contributed by atoms with E-state index in [-0.39, 0.29) is 0 Å². The van der Waals surface area contributed by atoms with Crippen molar-refractivity contribution in [2.24, 2.45) is 11.7 Å². The molecule has 15 heavy (non-hydrogen) atoms. The first-order valence-electron chi connectivity index (χ1n) is 5.59. The SMILES string of the molecule is NC(=O)NCCCN1CCC(CO)CC1. The van der Waals surface area contributed by atoms with Gasteiger partial charge in [-0.15, -0.1) is 0 Å². The molecular formula is C10H21N3O2. The molecule has 2 amide bonds. The van der Waals surface area contributed by atoms with Crippen LogP contribution in [0.1, 0.15) is 19.3 Å². The molecule has 1 heterocycles. The number of likely N-dealkylation sites (tertiary alicyclic amines) is 1. The number of piperidine rings is 1. The van der Waals surface area contributed by atoms with Gasteiger partial charge in [0, 0.05) is 13.2 Å². The van der Waals surface area contributed by atoms with Crippen molar-refractivity contribution in [1.82, 2.24) is 10.2 Å². The first-order chi connectivity index (χ1) is 7.22. The van der Waals surface area contributed by atoms with Crippen LogP contribution in [0.3, 0.4) is 0 Å². The quantitative estimate of drug-likeness (QED) is 0.553. The number of hydrogen-bond donors (Lipinski definition) is 3. The van der Waals surface area contributed by atoms with E-state index in [1.807, 2.05) is 0 Å². The van der Waals surface area contributed by atoms with E-state index >= 15 is 0 Å². The van der Waals surface area contributed by atoms with Gasteiger partial charge in [0.05, 0.1) is 0 Å². The van der Waals surface area contributed by atoms with Gasteiger partial charge in [0.2, 0.25) is 0 Å². The summed E-state index contributed by atoms with van der Waals surface area (Å²) in [5.41, 5.74) is 4.96. The fourth-order valence-corrected chi connectivity index (χ4v) is 1.91. The van der Waals surface area contributed by atoms with Crippen molar-refractivity contribution in [2.45, 2.75) is 19.3 Å². The second-order valence-electron chi connectivity index (χ2n) is 4.11. The number of primary amides is 1. The van der Waals surface area contributed by atoms with Gasteiger partial charge in [-0.3, -0.25) is 0 Å². The summed E-state index contributed by atoms with van der Waals surface area (Å²) < 4.78 is 0. The molecule has 4 N–H and O–H groups in total. The van der Waals surface area contributed by atoms with Crippen molar-refractivity contribution in [3.8, 4) is 0 Å². The van der Waals surface area contributed by atoms with Crippen molar-refractivity contribution in [3.05, 3.63) is 0 Å². The van der Waals surface area contributed by atoms with Gasteiger partial charge in [-0.25, -0.2) is 4.79 Å². The molecule has 0 aromatic carbocycles. The van der Waals surface area contributed by atoms with Crippen LogP contribution in [0, 0.1) is 5.92 Å². The monoisotopic (exact) mass is 215 g/mol. The van der Waals surface area contributed by atoms with Crippen LogP contribution in [0.15, 0.2) is 0 Å². The van der Waals surface area contributed by atoms with Gasteiger partial charge in [-0.1, -0.05) is 0 Å². The summed E-state index contributed by atoms with van der Waals surface area (Å²) in [5.74, 6) is 0.491. The van der Waals surface area contributed by atoms with E-state index < -0.39 is 6.03 Å². The molecule has 0 bridgehead atoms. The Bertz CT molecular complexity index is 191. The smallest absolute Gasteiger partial charge is 0.312 e. The topological polar surface area (TPSA) is 78.6 Å². The molecule has 1 fully saturated rings. The third kappa shape index (κ3) is 4.99. The fraction of sp³-hybridized carbons (Fsp3) is 0.900. The van der Waals surface area contributed by atoms with Crippen LogP contribution < -0.4 is 11.1 Å². The second kappa shape index (κ2) is 6.63. The molecule has 0 radical (unpaired) electrons. The molecule has 0 aromatic rings. The minimum atomic E-state index is -0.450. The second-order valence-corrected chi connectivity index (χ2v) is 4.11. The summed E-state index contributed by atoms with van der Waals surface area (Å²) in [4.78, 5) is 12.8. The maximum absolute atomic E-state index is 10.4. The normalized spacial score (nSPS) is 19.0. The molecule has 0 aromatic heterocycles. The Hall–Kier alpha value is -0.810. The summed E-state index contributed by atoms with van der Waals surface area (Å²) in [6.45, 7) is 4.08. The van der Waals surface area contributed by atoms with Gasteiger partial charge >= 0.3 is 6.03 Å². The Morgan fingerprint density at radius 1 is 1.47 bits per heavy atom. The van der Waals surface area contributed by atoms with Gasteiger partial charge in [-0.05, 0) is 44.8 Å². The fourth-order valence-electron chi connectivity index (χ4n) is 1.91. The van der Waals surface area contributed by atoms with Crippen molar-refractivity contribution in [2.75, 3.05) is 32.8 Å². The predicted octanol–water partition coefficient (Wildman–Crippen LogP) is -0.251. The van der Waals surface area contributed by atoms with E-state index in [9.17, 15) is 4.79 Å². The summed E-state index contributed by atoms with van der Waals surface area (Å²) in [5, 5.41) is 11.5. The van der Waals surface area contributed by atoms with E-state index in [4.69, 9.17) is 10.8 Å². The molecule has 0 atom stereocenters. The number of carbonyl (C=O) groups is 1. The summed E-state index contributed by atoms with van der Waals surface area (Å²) in [6.07, 6.45) is 3.10. The maximum Gasteiger partial charge on any atom is 0.312 e. The Labute approximate surface area is 90.6 Å². The highest BCUT2D eigenvalue weighted by Gasteiger charge is 2.17. The average Bonchev–Trinajstić information content (AvgIpc) is 2.25. The van der Waals surface area contributed by atoms with E-state index in [0.717, 1.165) is 38.9 Å². The first kappa shape index (κ1) is 12.3. The van der Waals surface area contributed by atoms with Crippen molar-refractivity contribution < 1.29 is 9.90 Å². The molecule has 1 saturated heterocycles. The van der Waals surface area contributed by atoms with E-state index in [1.54, 1.807) is 0 Å². The number of nitrogens with one attached hydrogen (secondary N) is 1. The van der Waals surface area contributed by atoms with Gasteiger partial charge in [0.15, 0.2) is 0 Å². The lowest BCUT2D eigenvalue weighted by atomic mass is 9.98. The Balaban J connectivity index is 2.01. The lowest BCUT2D eigenvalue weighted by molar-refractivity contribution is 0.131. The largest absolute Gasteiger partial charge is 0.396 e. The van der Waals surface area contributed by atoms with Crippen LogP contribution in [0.5, 0.6) is 0 Å². The number of rotatable bonds is 5. The predicted molar refractivity (Wildman–Crippen MR) is 58.5 cm³/mol. The Morgan fingerprint density at radius 2 is 2.13 bits per heavy atom. The standard InChI is InChI=1S/C10H21N3O2/c11-10(15)12-4-1-5-13-6-2-9(8-14)3-7-13/h9,14H,1-8H2,(H3,11,12,15). The highest BCUT2D eigenvalue weighted by Crippen LogP contribution is 2.15. The summed E-state index contributed by atoms with van der Waals surface area (Å²) in [6, 6.07) is -0.450. The van der Waals surface area contributed by atoms with Crippen LogP contribution in [-0.4, -0.2) is 48.8 Å². The number of carbonyl (C=O) groups excluding carboxylic acids is 1. The molecule has 5 nitrogen and oxygen atoms in total. The molecule has 88 valence electrons. The zero-order chi connectivity index (χ0) is 11.1. The minimum absolute atomic E-state index is 0.317. The third-order valence-electron chi connectivity index (χ3n) is 2.92. The Kier molecular flexibility index (Phi) is 5.42. The van der Waals surface area contributed by atoms with Crippen molar-refractivity contribution in [3.63, 3.8) is 0 Å². The molecule has 0 saturated carbocycles. The van der Waals surface area contributed by atoms with Crippen LogP contribution in [0.4, 0.5) is 4.79 Å². The highest BCUT2D eigenvalue weighted by molar-refractivity contribution is 5.71. The average molecular weight is 215 g/mol. The molecular weight excluding hydrogens is 194 g/mol. The number of aliphatic hydroxyl groups excluding tert-OH is 1. The van der Waals surface area contributed by atoms with Gasteiger partial charge in [-0.2, -0.15) is 0 Å². The molecule has 0 spiro atoms. The summed E-state index contributed by atoms with van der Waals surface area (Å²) >= 11 is 0. The van der Waals surface area contributed by atoms with Crippen LogP contribution in [0.2, 0.25) is 0 Å². The third-order valence-corrected chi connectivity index (χ3v) is 2.92. The van der Waals surface area contributed by atoms with E-state index in [1.165, 1.54) is 0 Å². The van der Waals surface area contributed by atoms with Crippen molar-refractivity contribution in [1.29, 1.82) is 0 Å². The van der Waals surface area contributed by atoms with Gasteiger partial charge in [0.1, 0.15) is 0 Å². The molecule has 1 rings (SSSR count). The minimum Gasteiger partial charge on any atom is -0.396 e. The molecule has 0 unspecified atom stereocenters. The zero-order valence-corrected chi connectivity index (χ0v) is 9.11. The van der Waals surface area contributed by atoms with Crippen molar-refractivity contribution >= 4 is 6.03 Å². The number of aliphatic hydroxyl groups is 1. The number of urea groups is 1. The van der Waals surface area contributed by atoms with E-state index in [2.05, 4.69) is 10.2 Å². The molecule has 1 aliphatic rings. The maximum atomic E-state index is 10.4. The van der Waals surface area contributed by atoms with Gasteiger partial charge in [0.25, 0.3) is 0 Å². The highest BCUT2D eigenvalue weighted by atomic mass is 16.3. The van der Waals surface area contributed by atoms with Crippen LogP contribution >= 0.6 is 0 Å². The number of nitrogens with two attached hydrogens (primary N) is 1. The first-order valence-corrected chi connectivity index (χ1v) is 5.59. The molecule has 1 aliphatic heterocycles.